The maximum absolute atomic E-state index is 10.7. The molecule has 0 bridgehead atoms. The molecule has 0 fully saturated rings. The van der Waals surface area contributed by atoms with Gasteiger partial charge >= 0.3 is 5.97 Å². The van der Waals surface area contributed by atoms with Crippen LogP contribution in [0.15, 0.2) is 22.7 Å². The molecule has 1 aromatic rings. The summed E-state index contributed by atoms with van der Waals surface area (Å²) in [5.41, 5.74) is 1.08. The lowest BCUT2D eigenvalue weighted by Gasteiger charge is -2.09. The van der Waals surface area contributed by atoms with Crippen LogP contribution < -0.4 is 4.74 Å². The van der Waals surface area contributed by atoms with Crippen molar-refractivity contribution < 1.29 is 14.6 Å². The van der Waals surface area contributed by atoms with E-state index in [0.717, 1.165) is 22.2 Å². The van der Waals surface area contributed by atoms with Crippen LogP contribution in [0.2, 0.25) is 0 Å². The van der Waals surface area contributed by atoms with E-state index in [1.165, 1.54) is 0 Å². The zero-order valence-corrected chi connectivity index (χ0v) is 11.0. The number of carboxylic acids is 1. The highest BCUT2D eigenvalue weighted by Crippen LogP contribution is 2.24. The normalized spacial score (nSPS) is 12.2. The predicted octanol–water partition coefficient (Wildman–Crippen LogP) is 3.11. The Morgan fingerprint density at radius 1 is 1.56 bits per heavy atom. The van der Waals surface area contributed by atoms with Crippen molar-refractivity contribution in [2.45, 2.75) is 19.8 Å². The van der Waals surface area contributed by atoms with E-state index < -0.39 is 5.97 Å². The van der Waals surface area contributed by atoms with E-state index in [0.29, 0.717) is 6.42 Å². The van der Waals surface area contributed by atoms with Gasteiger partial charge in [-0.15, -0.1) is 0 Å². The Morgan fingerprint density at radius 3 is 2.81 bits per heavy atom. The number of aryl methyl sites for hydroxylation is 1. The number of hydrogen-bond acceptors (Lipinski definition) is 2. The largest absolute Gasteiger partial charge is 0.497 e. The van der Waals surface area contributed by atoms with Gasteiger partial charge in [-0.05, 0) is 36.6 Å². The van der Waals surface area contributed by atoms with E-state index in [1.54, 1.807) is 14.0 Å². The summed E-state index contributed by atoms with van der Waals surface area (Å²) >= 11 is 3.44. The second-order valence-electron chi connectivity index (χ2n) is 3.74. The Morgan fingerprint density at radius 2 is 2.25 bits per heavy atom. The summed E-state index contributed by atoms with van der Waals surface area (Å²) in [6.45, 7) is 1.72. The standard InChI is InChI=1S/C12H15BrO3/c1-8(12(14)15)3-4-9-7-10(16-2)5-6-11(9)13/h5-8H,3-4H2,1-2H3,(H,14,15). The summed E-state index contributed by atoms with van der Waals surface area (Å²) in [5.74, 6) is -0.279. The summed E-state index contributed by atoms with van der Waals surface area (Å²) in [6, 6.07) is 5.71. The molecule has 0 saturated carbocycles. The van der Waals surface area contributed by atoms with E-state index in [1.807, 2.05) is 18.2 Å². The van der Waals surface area contributed by atoms with Crippen molar-refractivity contribution in [1.82, 2.24) is 0 Å². The number of benzene rings is 1. The Labute approximate surface area is 104 Å². The second kappa shape index (κ2) is 5.89. The lowest BCUT2D eigenvalue weighted by Crippen LogP contribution is -2.10. The van der Waals surface area contributed by atoms with Crippen molar-refractivity contribution in [1.29, 1.82) is 0 Å². The SMILES string of the molecule is COc1ccc(Br)c(CCC(C)C(=O)O)c1. The van der Waals surface area contributed by atoms with Crippen molar-refractivity contribution in [3.05, 3.63) is 28.2 Å². The summed E-state index contributed by atoms with van der Waals surface area (Å²) in [6.07, 6.45) is 1.35. The summed E-state index contributed by atoms with van der Waals surface area (Å²) in [5, 5.41) is 8.79. The Kier molecular flexibility index (Phi) is 4.80. The number of carboxylic acid groups (broad SMARTS) is 1. The lowest BCUT2D eigenvalue weighted by atomic mass is 10.0. The number of rotatable bonds is 5. The maximum Gasteiger partial charge on any atom is 0.306 e. The highest BCUT2D eigenvalue weighted by atomic mass is 79.9. The van der Waals surface area contributed by atoms with Gasteiger partial charge in [-0.3, -0.25) is 4.79 Å². The van der Waals surface area contributed by atoms with Gasteiger partial charge in [-0.2, -0.15) is 0 Å². The van der Waals surface area contributed by atoms with Gasteiger partial charge in [0.25, 0.3) is 0 Å². The van der Waals surface area contributed by atoms with Crippen LogP contribution in [0.3, 0.4) is 0 Å². The van der Waals surface area contributed by atoms with Gasteiger partial charge < -0.3 is 9.84 Å². The number of hydrogen-bond donors (Lipinski definition) is 1. The molecule has 0 aromatic heterocycles. The topological polar surface area (TPSA) is 46.5 Å². The molecule has 1 rings (SSSR count). The van der Waals surface area contributed by atoms with Crippen LogP contribution in [-0.2, 0) is 11.2 Å². The van der Waals surface area contributed by atoms with Crippen LogP contribution in [0, 0.1) is 5.92 Å². The molecule has 0 amide bonds. The highest BCUT2D eigenvalue weighted by molar-refractivity contribution is 9.10. The van der Waals surface area contributed by atoms with E-state index in [-0.39, 0.29) is 5.92 Å². The molecule has 3 nitrogen and oxygen atoms in total. The third-order valence-electron chi connectivity index (χ3n) is 2.52. The molecular formula is C12H15BrO3. The third kappa shape index (κ3) is 3.52. The zero-order chi connectivity index (χ0) is 12.1. The first-order chi connectivity index (χ1) is 7.54. The average Bonchev–Trinajstić information content (AvgIpc) is 2.27. The molecule has 88 valence electrons. The first-order valence-electron chi connectivity index (χ1n) is 5.09. The van der Waals surface area contributed by atoms with Crippen molar-refractivity contribution in [2.24, 2.45) is 5.92 Å². The molecule has 1 atom stereocenters. The fraction of sp³-hybridized carbons (Fsp3) is 0.417. The van der Waals surface area contributed by atoms with Gasteiger partial charge in [-0.1, -0.05) is 22.9 Å². The minimum atomic E-state index is -0.751. The predicted molar refractivity (Wildman–Crippen MR) is 65.8 cm³/mol. The Bertz CT molecular complexity index is 377. The van der Waals surface area contributed by atoms with Crippen molar-refractivity contribution in [3.8, 4) is 5.75 Å². The van der Waals surface area contributed by atoms with Crippen LogP contribution in [0.25, 0.3) is 0 Å². The fourth-order valence-corrected chi connectivity index (χ4v) is 1.81. The quantitative estimate of drug-likeness (QED) is 0.905. The van der Waals surface area contributed by atoms with Crippen LogP contribution in [0.5, 0.6) is 5.75 Å². The molecule has 0 radical (unpaired) electrons. The van der Waals surface area contributed by atoms with Gasteiger partial charge in [-0.25, -0.2) is 0 Å². The van der Waals surface area contributed by atoms with E-state index in [4.69, 9.17) is 9.84 Å². The summed E-state index contributed by atoms with van der Waals surface area (Å²) in [4.78, 5) is 10.7. The second-order valence-corrected chi connectivity index (χ2v) is 4.59. The molecule has 16 heavy (non-hydrogen) atoms. The molecule has 0 aliphatic carbocycles. The van der Waals surface area contributed by atoms with E-state index in [2.05, 4.69) is 15.9 Å². The fourth-order valence-electron chi connectivity index (χ4n) is 1.37. The van der Waals surface area contributed by atoms with Crippen LogP contribution in [0.4, 0.5) is 0 Å². The average molecular weight is 287 g/mol. The third-order valence-corrected chi connectivity index (χ3v) is 3.29. The Hall–Kier alpha value is -1.03. The molecule has 1 unspecified atom stereocenters. The van der Waals surface area contributed by atoms with E-state index >= 15 is 0 Å². The zero-order valence-electron chi connectivity index (χ0n) is 9.37. The molecule has 1 N–H and O–H groups in total. The van der Waals surface area contributed by atoms with Gasteiger partial charge in [0.2, 0.25) is 0 Å². The van der Waals surface area contributed by atoms with Crippen LogP contribution in [-0.4, -0.2) is 18.2 Å². The van der Waals surface area contributed by atoms with Crippen molar-refractivity contribution in [2.75, 3.05) is 7.11 Å². The van der Waals surface area contributed by atoms with Crippen LogP contribution in [0.1, 0.15) is 18.9 Å². The first kappa shape index (κ1) is 13.0. The monoisotopic (exact) mass is 286 g/mol. The minimum absolute atomic E-state index is 0.321. The number of ether oxygens (including phenoxy) is 1. The molecule has 4 heteroatoms. The number of aliphatic carboxylic acids is 1. The molecular weight excluding hydrogens is 272 g/mol. The Balaban J connectivity index is 2.69. The smallest absolute Gasteiger partial charge is 0.306 e. The van der Waals surface area contributed by atoms with Gasteiger partial charge in [0.05, 0.1) is 13.0 Å². The molecule has 0 aliphatic heterocycles. The molecule has 0 spiro atoms. The highest BCUT2D eigenvalue weighted by Gasteiger charge is 2.11. The molecule has 0 aliphatic rings. The summed E-state index contributed by atoms with van der Waals surface area (Å²) in [7, 11) is 1.62. The lowest BCUT2D eigenvalue weighted by molar-refractivity contribution is -0.141. The number of halogens is 1. The molecule has 0 saturated heterocycles. The van der Waals surface area contributed by atoms with E-state index in [9.17, 15) is 4.79 Å². The maximum atomic E-state index is 10.7. The van der Waals surface area contributed by atoms with Gasteiger partial charge in [0, 0.05) is 4.47 Å². The number of carbonyl (C=O) groups is 1. The van der Waals surface area contributed by atoms with Gasteiger partial charge in [0.15, 0.2) is 0 Å². The van der Waals surface area contributed by atoms with Crippen molar-refractivity contribution >= 4 is 21.9 Å². The minimum Gasteiger partial charge on any atom is -0.497 e. The van der Waals surface area contributed by atoms with Crippen molar-refractivity contribution in [3.63, 3.8) is 0 Å². The first-order valence-corrected chi connectivity index (χ1v) is 5.89. The van der Waals surface area contributed by atoms with Gasteiger partial charge in [0.1, 0.15) is 5.75 Å². The summed E-state index contributed by atoms with van der Waals surface area (Å²) < 4.78 is 6.12. The molecule has 1 aromatic carbocycles. The van der Waals surface area contributed by atoms with Crippen LogP contribution >= 0.6 is 15.9 Å². The molecule has 0 heterocycles. The number of methoxy groups -OCH3 is 1.